The molecular weight excluding hydrogens is 372 g/mol. The Labute approximate surface area is 194 Å². The summed E-state index contributed by atoms with van der Waals surface area (Å²) in [6.45, 7) is -14.5. The zero-order valence-electron chi connectivity index (χ0n) is 30.0. The molecule has 0 spiro atoms. The van der Waals surface area contributed by atoms with E-state index >= 15 is 0 Å². The van der Waals surface area contributed by atoms with Crippen LogP contribution in [0.25, 0.3) is 0 Å². The van der Waals surface area contributed by atoms with Crippen LogP contribution in [-0.2, 0) is 0 Å². The van der Waals surface area contributed by atoms with E-state index in [2.05, 4.69) is 5.32 Å². The van der Waals surface area contributed by atoms with Crippen LogP contribution >= 0.6 is 11.6 Å². The summed E-state index contributed by atoms with van der Waals surface area (Å²) in [6, 6.07) is -2.95. The summed E-state index contributed by atoms with van der Waals surface area (Å²) in [5.41, 5.74) is -0.762. The average Bonchev–Trinajstić information content (AvgIpc) is 2.87. The van der Waals surface area contributed by atoms with Gasteiger partial charge in [0.05, 0.1) is 20.3 Å². The summed E-state index contributed by atoms with van der Waals surface area (Å²) in [5.74, 6) is -0.0766. The van der Waals surface area contributed by atoms with Crippen molar-refractivity contribution in [2.45, 2.75) is 45.1 Å². The number of hydrogen-bond acceptors (Lipinski definition) is 3. The molecule has 2 fully saturated rings. The van der Waals surface area contributed by atoms with E-state index < -0.39 is 67.8 Å². The van der Waals surface area contributed by atoms with Crippen LogP contribution in [0.4, 0.5) is 10.5 Å². The van der Waals surface area contributed by atoms with E-state index in [1.807, 2.05) is 0 Å². The molecule has 28 heavy (non-hydrogen) atoms. The highest BCUT2D eigenvalue weighted by atomic mass is 35.5. The third-order valence-electron chi connectivity index (χ3n) is 5.03. The second-order valence-corrected chi connectivity index (χ2v) is 7.49. The fourth-order valence-electron chi connectivity index (χ4n) is 3.30. The Bertz CT molecular complexity index is 1150. The average molecular weight is 421 g/mol. The van der Waals surface area contributed by atoms with Crippen molar-refractivity contribution in [1.82, 2.24) is 15.1 Å². The normalized spacial score (nSPS) is 38.5. The van der Waals surface area contributed by atoms with E-state index in [0.717, 1.165) is 0 Å². The lowest BCUT2D eigenvalue weighted by molar-refractivity contribution is 0.194. The molecule has 1 aliphatic heterocycles. The lowest BCUT2D eigenvalue weighted by Crippen LogP contribution is -2.47. The molecule has 6 heteroatoms. The molecule has 1 aromatic rings. The quantitative estimate of drug-likeness (QED) is 0.782. The van der Waals surface area contributed by atoms with Gasteiger partial charge in [-0.3, -0.25) is 4.90 Å². The highest BCUT2D eigenvalue weighted by molar-refractivity contribution is 6.34. The first kappa shape index (κ1) is 9.57. The van der Waals surface area contributed by atoms with Gasteiger partial charge in [0.2, 0.25) is 0 Å². The van der Waals surface area contributed by atoms with Gasteiger partial charge < -0.3 is 15.1 Å². The molecule has 0 atom stereocenters. The second kappa shape index (κ2) is 9.84. The zero-order chi connectivity index (χ0) is 32.4. The maximum atomic E-state index is 12.2. The number of amides is 2. The Morgan fingerprint density at radius 2 is 2.04 bits per heavy atom. The van der Waals surface area contributed by atoms with E-state index in [4.69, 9.17) is 30.8 Å². The Morgan fingerprint density at radius 3 is 2.71 bits per heavy atom. The number of carbonyl (C=O) groups is 1. The van der Waals surface area contributed by atoms with Crippen LogP contribution in [0.5, 0.6) is 0 Å². The predicted octanol–water partition coefficient (Wildman–Crippen LogP) is 3.99. The molecule has 5 nitrogen and oxygen atoms in total. The first-order valence-electron chi connectivity index (χ1n) is 16.3. The van der Waals surface area contributed by atoms with Crippen LogP contribution in [0.15, 0.2) is 18.1 Å². The van der Waals surface area contributed by atoms with Crippen molar-refractivity contribution in [3.63, 3.8) is 0 Å². The molecule has 0 unspecified atom stereocenters. The summed E-state index contributed by atoms with van der Waals surface area (Å²) in [4.78, 5) is 13.5. The van der Waals surface area contributed by atoms with Crippen molar-refractivity contribution in [2.75, 3.05) is 51.5 Å². The number of nitrogens with one attached hydrogen (secondary N) is 1. The lowest BCUT2D eigenvalue weighted by atomic mass is 9.84. The van der Waals surface area contributed by atoms with Crippen LogP contribution < -0.4 is 10.2 Å². The molecule has 3 rings (SSSR count). The van der Waals surface area contributed by atoms with Gasteiger partial charge in [0.15, 0.2) is 0 Å². The Kier molecular flexibility index (Phi) is 3.36. The molecule has 1 heterocycles. The molecular formula is C22H35ClN4O. The van der Waals surface area contributed by atoms with E-state index in [9.17, 15) is 4.79 Å². The largest absolute Gasteiger partial charge is 0.368 e. The summed E-state index contributed by atoms with van der Waals surface area (Å²) in [5, 5.41) is 2.24. The summed E-state index contributed by atoms with van der Waals surface area (Å²) < 4.78 is 116. The fourth-order valence-corrected chi connectivity index (χ4v) is 3.48. The van der Waals surface area contributed by atoms with Crippen molar-refractivity contribution in [3.05, 3.63) is 28.7 Å². The molecule has 1 saturated carbocycles. The number of piperazine rings is 1. The van der Waals surface area contributed by atoms with Gasteiger partial charge in [-0.2, -0.15) is 0 Å². The van der Waals surface area contributed by atoms with Crippen LogP contribution in [0.3, 0.4) is 0 Å². The summed E-state index contributed by atoms with van der Waals surface area (Å²) in [7, 11) is 1.17. The Balaban J connectivity index is 1.83. The first-order valence-corrected chi connectivity index (χ1v) is 9.68. The number of halogens is 1. The number of hydrogen-bond donors (Lipinski definition) is 1. The standard InChI is InChI=1S/C22H35ClN4O/c1-17-5-4-6-20(21(17)23)27-15-13-26(14-16-27)12-11-18-7-9-19(10-8-18)24-22(28)25(2)3/h4-6,18-19H,7-16H2,1-3H3,(H,24,28)/t18-,19-/i2D3,4D,5D,6D,13D2,14D2,15D2,16D2. The number of anilines is 1. The van der Waals surface area contributed by atoms with Crippen molar-refractivity contribution in [3.8, 4) is 0 Å². The van der Waals surface area contributed by atoms with Crippen molar-refractivity contribution < 1.29 is 24.0 Å². The predicted molar refractivity (Wildman–Crippen MR) is 117 cm³/mol. The SMILES string of the molecule is [2H]c1c([2H])c(C)c(Cl)c(N2C([2H])([2H])C([2H])([2H])N(CC[C@H]3CC[C@H](NC(=O)N(C)C([2H])([2H])[2H])CC3)C([2H])([2H])C2([2H])[2H])c1[2H]. The minimum atomic E-state index is -3.28. The molecule has 1 N–H and O–H groups in total. The van der Waals surface area contributed by atoms with Crippen LogP contribution in [-0.4, -0.2) is 68.4 Å². The van der Waals surface area contributed by atoms with Gasteiger partial charge in [-0.25, -0.2) is 4.79 Å². The second-order valence-electron chi connectivity index (χ2n) is 7.11. The lowest BCUT2D eigenvalue weighted by Gasteiger charge is -2.37. The van der Waals surface area contributed by atoms with Gasteiger partial charge in [-0.15, -0.1) is 0 Å². The van der Waals surface area contributed by atoms with Crippen molar-refractivity contribution in [1.29, 1.82) is 0 Å². The van der Waals surface area contributed by atoms with Crippen LogP contribution in [0, 0.1) is 12.8 Å². The highest BCUT2D eigenvalue weighted by Gasteiger charge is 2.24. The van der Waals surface area contributed by atoms with Crippen LogP contribution in [0.2, 0.25) is 5.02 Å². The molecule has 0 bridgehead atoms. The van der Waals surface area contributed by atoms with Gasteiger partial charge >= 0.3 is 6.03 Å². The molecule has 0 aromatic heterocycles. The molecule has 1 aliphatic carbocycles. The van der Waals surface area contributed by atoms with E-state index in [-0.39, 0.29) is 35.4 Å². The maximum Gasteiger partial charge on any atom is 0.317 e. The molecule has 1 aromatic carbocycles. The van der Waals surface area contributed by atoms with Gasteiger partial charge in [-0.1, -0.05) is 23.7 Å². The van der Waals surface area contributed by atoms with Gasteiger partial charge in [0, 0.05) is 55.6 Å². The molecule has 2 aliphatic rings. The Morgan fingerprint density at radius 1 is 1.32 bits per heavy atom. The third kappa shape index (κ3) is 5.54. The minimum absolute atomic E-state index is 0.0559. The number of rotatable bonds is 5. The molecule has 156 valence electrons. The number of nitrogens with zero attached hydrogens (tertiary/aromatic N) is 3. The number of urea groups is 1. The fraction of sp³-hybridized carbons (Fsp3) is 0.682. The number of carbonyl (C=O) groups excluding carboxylic acids is 1. The minimum Gasteiger partial charge on any atom is -0.368 e. The topological polar surface area (TPSA) is 38.8 Å². The Hall–Kier alpha value is -1.46. The molecule has 1 saturated heterocycles. The molecule has 2 amide bonds. The van der Waals surface area contributed by atoms with Crippen LogP contribution in [0.1, 0.15) is 56.9 Å². The number of benzene rings is 1. The smallest absolute Gasteiger partial charge is 0.317 e. The highest BCUT2D eigenvalue weighted by Crippen LogP contribution is 2.30. The maximum absolute atomic E-state index is 12.2. The molecule has 0 radical (unpaired) electrons. The van der Waals surface area contributed by atoms with Gasteiger partial charge in [-0.05, 0) is 63.1 Å². The van der Waals surface area contributed by atoms with Crippen molar-refractivity contribution >= 4 is 23.3 Å². The third-order valence-corrected chi connectivity index (χ3v) is 5.49. The first-order chi connectivity index (χ1) is 18.9. The summed E-state index contributed by atoms with van der Waals surface area (Å²) in [6.07, 6.45) is 2.25. The van der Waals surface area contributed by atoms with E-state index in [1.165, 1.54) is 14.0 Å². The van der Waals surface area contributed by atoms with Gasteiger partial charge in [0.1, 0.15) is 0 Å². The summed E-state index contributed by atoms with van der Waals surface area (Å²) >= 11 is 6.32. The van der Waals surface area contributed by atoms with Crippen molar-refractivity contribution in [2.24, 2.45) is 5.92 Å². The monoisotopic (exact) mass is 420 g/mol. The van der Waals surface area contributed by atoms with E-state index in [1.54, 1.807) is 0 Å². The van der Waals surface area contributed by atoms with Gasteiger partial charge in [0.25, 0.3) is 0 Å². The zero-order valence-corrected chi connectivity index (χ0v) is 16.8. The van der Waals surface area contributed by atoms with E-state index in [0.29, 0.717) is 35.5 Å².